The van der Waals surface area contributed by atoms with Gasteiger partial charge in [0.1, 0.15) is 11.5 Å². The third-order valence-corrected chi connectivity index (χ3v) is 5.34. The zero-order valence-electron chi connectivity index (χ0n) is 17.5. The van der Waals surface area contributed by atoms with Gasteiger partial charge in [-0.05, 0) is 29.8 Å². The molecule has 3 aromatic carbocycles. The van der Waals surface area contributed by atoms with Crippen LogP contribution in [0, 0.1) is 0 Å². The number of aromatic hydroxyl groups is 1. The molecular formula is C25H21NO6. The average Bonchev–Trinajstić information content (AvgIpc) is 3.10. The molecule has 1 aliphatic rings. The number of hydrogen-bond donors (Lipinski definition) is 2. The maximum Gasteiger partial charge on any atom is 0.300 e. The van der Waals surface area contributed by atoms with Gasteiger partial charge in [0.05, 0.1) is 25.8 Å². The number of Topliss-reactive ketones (excluding diaryl/α,β-unsaturated/α-hetero) is 1. The second-order valence-corrected chi connectivity index (χ2v) is 7.17. The third-order valence-electron chi connectivity index (χ3n) is 5.34. The third kappa shape index (κ3) is 3.54. The van der Waals surface area contributed by atoms with Crippen LogP contribution in [0.3, 0.4) is 0 Å². The minimum Gasteiger partial charge on any atom is -0.507 e. The summed E-state index contributed by atoms with van der Waals surface area (Å²) in [5, 5.41) is 21.1. The maximum atomic E-state index is 13.2. The van der Waals surface area contributed by atoms with E-state index in [0.717, 1.165) is 0 Å². The molecule has 0 unspecified atom stereocenters. The number of hydrogen-bond acceptors (Lipinski definition) is 6. The lowest BCUT2D eigenvalue weighted by Gasteiger charge is -2.26. The van der Waals surface area contributed by atoms with Gasteiger partial charge in [-0.15, -0.1) is 0 Å². The maximum absolute atomic E-state index is 13.2. The summed E-state index contributed by atoms with van der Waals surface area (Å²) in [5.74, 6) is -1.28. The summed E-state index contributed by atoms with van der Waals surface area (Å²) >= 11 is 0. The molecule has 7 nitrogen and oxygen atoms in total. The van der Waals surface area contributed by atoms with Crippen molar-refractivity contribution in [2.45, 2.75) is 6.04 Å². The summed E-state index contributed by atoms with van der Waals surface area (Å²) in [6, 6.07) is 18.9. The number of methoxy groups -OCH3 is 2. The van der Waals surface area contributed by atoms with Gasteiger partial charge in [0.15, 0.2) is 11.5 Å². The number of carbonyl (C=O) groups excluding carboxylic acids is 2. The fourth-order valence-corrected chi connectivity index (χ4v) is 3.79. The molecule has 1 aliphatic heterocycles. The Morgan fingerprint density at radius 3 is 2.34 bits per heavy atom. The molecular weight excluding hydrogens is 410 g/mol. The van der Waals surface area contributed by atoms with Crippen LogP contribution in [0.2, 0.25) is 0 Å². The van der Waals surface area contributed by atoms with Crippen LogP contribution >= 0.6 is 0 Å². The first-order chi connectivity index (χ1) is 15.5. The highest BCUT2D eigenvalue weighted by molar-refractivity contribution is 6.51. The van der Waals surface area contributed by atoms with Gasteiger partial charge in [0.25, 0.3) is 11.7 Å². The first-order valence-corrected chi connectivity index (χ1v) is 9.83. The van der Waals surface area contributed by atoms with Crippen LogP contribution in [0.15, 0.2) is 78.4 Å². The molecule has 162 valence electrons. The standard InChI is InChI=1S/C25H21NO6/c1-31-18-10-6-9-17(14-18)26-22(16-11-12-19(27)20(13-16)32-2)21(24(29)25(26)30)23(28)15-7-4-3-5-8-15/h3-14,22,27-28H,1-2H3/t22-/m1/s1. The molecule has 3 aromatic rings. The zero-order valence-corrected chi connectivity index (χ0v) is 17.5. The molecule has 1 fully saturated rings. The lowest BCUT2D eigenvalue weighted by molar-refractivity contribution is -0.132. The minimum absolute atomic E-state index is 0.0586. The van der Waals surface area contributed by atoms with Crippen LogP contribution < -0.4 is 14.4 Å². The Bertz CT molecular complexity index is 1220. The summed E-state index contributed by atoms with van der Waals surface area (Å²) in [7, 11) is 2.91. The monoisotopic (exact) mass is 431 g/mol. The van der Waals surface area contributed by atoms with E-state index in [4.69, 9.17) is 9.47 Å². The minimum atomic E-state index is -0.947. The van der Waals surface area contributed by atoms with E-state index in [1.54, 1.807) is 60.7 Å². The fourth-order valence-electron chi connectivity index (χ4n) is 3.79. The predicted molar refractivity (Wildman–Crippen MR) is 119 cm³/mol. The Kier molecular flexibility index (Phi) is 5.55. The number of rotatable bonds is 5. The predicted octanol–water partition coefficient (Wildman–Crippen LogP) is 4.04. The van der Waals surface area contributed by atoms with Crippen LogP contribution in [-0.4, -0.2) is 36.1 Å². The highest BCUT2D eigenvalue weighted by atomic mass is 16.5. The first kappa shape index (κ1) is 21.0. The smallest absolute Gasteiger partial charge is 0.300 e. The summed E-state index contributed by atoms with van der Waals surface area (Å²) in [6.45, 7) is 0. The zero-order chi connectivity index (χ0) is 22.8. The molecule has 4 rings (SSSR count). The number of ether oxygens (including phenoxy) is 2. The van der Waals surface area contributed by atoms with Gasteiger partial charge in [0.2, 0.25) is 0 Å². The number of phenols is 1. The topological polar surface area (TPSA) is 96.3 Å². The van der Waals surface area contributed by atoms with Gasteiger partial charge in [-0.25, -0.2) is 0 Å². The Hall–Kier alpha value is -4.26. The van der Waals surface area contributed by atoms with Crippen molar-refractivity contribution in [1.82, 2.24) is 0 Å². The Balaban J connectivity index is 1.97. The van der Waals surface area contributed by atoms with Crippen LogP contribution in [0.1, 0.15) is 17.2 Å². The Morgan fingerprint density at radius 1 is 0.906 bits per heavy atom. The number of aliphatic hydroxyl groups is 1. The van der Waals surface area contributed by atoms with Crippen molar-refractivity contribution in [2.24, 2.45) is 0 Å². The van der Waals surface area contributed by atoms with Gasteiger partial charge in [-0.1, -0.05) is 42.5 Å². The first-order valence-electron chi connectivity index (χ1n) is 9.83. The van der Waals surface area contributed by atoms with E-state index in [-0.39, 0.29) is 22.8 Å². The summed E-state index contributed by atoms with van der Waals surface area (Å²) in [4.78, 5) is 27.6. The number of aliphatic hydroxyl groups excluding tert-OH is 1. The SMILES string of the molecule is COc1cccc(N2C(=O)C(=O)C(=C(O)c3ccccc3)[C@H]2c2ccc(O)c(OC)c2)c1. The van der Waals surface area contributed by atoms with Crippen molar-refractivity contribution in [3.05, 3.63) is 89.5 Å². The highest BCUT2D eigenvalue weighted by Crippen LogP contribution is 2.44. The number of ketones is 1. The van der Waals surface area contributed by atoms with Crippen molar-refractivity contribution in [3.63, 3.8) is 0 Å². The molecule has 7 heteroatoms. The van der Waals surface area contributed by atoms with Crippen molar-refractivity contribution < 1.29 is 29.3 Å². The Labute approximate surface area is 184 Å². The molecule has 1 atom stereocenters. The molecule has 0 spiro atoms. The normalized spacial score (nSPS) is 17.4. The molecule has 32 heavy (non-hydrogen) atoms. The largest absolute Gasteiger partial charge is 0.507 e. The molecule has 1 heterocycles. The average molecular weight is 431 g/mol. The molecule has 0 aromatic heterocycles. The molecule has 0 bridgehead atoms. The van der Waals surface area contributed by atoms with E-state index in [2.05, 4.69) is 0 Å². The van der Waals surface area contributed by atoms with E-state index in [1.807, 2.05) is 0 Å². The summed E-state index contributed by atoms with van der Waals surface area (Å²) in [6.07, 6.45) is 0. The van der Waals surface area contributed by atoms with E-state index in [0.29, 0.717) is 22.6 Å². The molecule has 1 amide bonds. The Morgan fingerprint density at radius 2 is 1.66 bits per heavy atom. The van der Waals surface area contributed by atoms with E-state index >= 15 is 0 Å². The van der Waals surface area contributed by atoms with E-state index < -0.39 is 17.7 Å². The molecule has 0 aliphatic carbocycles. The summed E-state index contributed by atoms with van der Waals surface area (Å²) < 4.78 is 10.5. The van der Waals surface area contributed by atoms with Gasteiger partial charge in [0, 0.05) is 17.3 Å². The van der Waals surface area contributed by atoms with Crippen molar-refractivity contribution in [2.75, 3.05) is 19.1 Å². The van der Waals surface area contributed by atoms with Crippen molar-refractivity contribution in [1.29, 1.82) is 0 Å². The van der Waals surface area contributed by atoms with Gasteiger partial charge < -0.3 is 19.7 Å². The van der Waals surface area contributed by atoms with Crippen LogP contribution in [0.5, 0.6) is 17.2 Å². The molecule has 1 saturated heterocycles. The van der Waals surface area contributed by atoms with Crippen LogP contribution in [0.4, 0.5) is 5.69 Å². The fraction of sp³-hybridized carbons (Fsp3) is 0.120. The van der Waals surface area contributed by atoms with Crippen LogP contribution in [0.25, 0.3) is 5.76 Å². The van der Waals surface area contributed by atoms with Gasteiger partial charge in [-0.2, -0.15) is 0 Å². The number of nitrogens with zero attached hydrogens (tertiary/aromatic N) is 1. The summed E-state index contributed by atoms with van der Waals surface area (Å²) in [5.41, 5.74) is 1.26. The molecule has 0 saturated carbocycles. The number of amides is 1. The second kappa shape index (κ2) is 8.47. The quantitative estimate of drug-likeness (QED) is 0.360. The number of carbonyl (C=O) groups is 2. The van der Waals surface area contributed by atoms with Crippen molar-refractivity contribution in [3.8, 4) is 17.2 Å². The number of benzene rings is 3. The number of phenolic OH excluding ortho intramolecular Hbond substituents is 1. The lowest BCUT2D eigenvalue weighted by Crippen LogP contribution is -2.29. The van der Waals surface area contributed by atoms with Gasteiger partial charge >= 0.3 is 0 Å². The number of anilines is 1. The second-order valence-electron chi connectivity index (χ2n) is 7.17. The van der Waals surface area contributed by atoms with Crippen molar-refractivity contribution >= 4 is 23.1 Å². The molecule has 2 N–H and O–H groups in total. The van der Waals surface area contributed by atoms with Crippen LogP contribution in [-0.2, 0) is 9.59 Å². The lowest BCUT2D eigenvalue weighted by atomic mass is 9.95. The molecule has 0 radical (unpaired) electrons. The highest BCUT2D eigenvalue weighted by Gasteiger charge is 2.47. The van der Waals surface area contributed by atoms with E-state index in [1.165, 1.54) is 31.3 Å². The van der Waals surface area contributed by atoms with E-state index in [9.17, 15) is 19.8 Å². The van der Waals surface area contributed by atoms with Gasteiger partial charge in [-0.3, -0.25) is 14.5 Å².